The maximum absolute atomic E-state index is 14.1. The van der Waals surface area contributed by atoms with Crippen molar-refractivity contribution in [2.75, 3.05) is 25.6 Å². The zero-order valence-corrected chi connectivity index (χ0v) is 35.3. The lowest BCUT2D eigenvalue weighted by Gasteiger charge is -2.34. The second-order valence-electron chi connectivity index (χ2n) is 14.5. The van der Waals surface area contributed by atoms with E-state index < -0.39 is 96.0 Å². The number of hydrogen-bond acceptors (Lipinski definition) is 14. The third kappa shape index (κ3) is 14.1. The van der Waals surface area contributed by atoms with Gasteiger partial charge in [0.2, 0.25) is 29.9 Å². The number of aromatic nitrogens is 2. The highest BCUT2D eigenvalue weighted by molar-refractivity contribution is 7.98. The molecule has 1 saturated heterocycles. The van der Waals surface area contributed by atoms with Crippen LogP contribution in [0, 0.1) is 0 Å². The van der Waals surface area contributed by atoms with Crippen molar-refractivity contribution in [3.8, 4) is 11.5 Å². The van der Waals surface area contributed by atoms with E-state index in [0.29, 0.717) is 16.9 Å². The van der Waals surface area contributed by atoms with Crippen molar-refractivity contribution in [2.24, 2.45) is 5.73 Å². The van der Waals surface area contributed by atoms with Gasteiger partial charge in [-0.25, -0.2) is 14.4 Å². The molecule has 0 saturated carbocycles. The van der Waals surface area contributed by atoms with Crippen LogP contribution in [0.25, 0.3) is 0 Å². The maximum Gasteiger partial charge on any atom is 0.331 e. The Bertz CT molecular complexity index is 2290. The molecule has 2 heterocycles. The number of benzene rings is 2. The molecular formula is C40H51N9O13S. The molecular weight excluding hydrogens is 847 g/mol. The highest BCUT2D eigenvalue weighted by Gasteiger charge is 2.38. The van der Waals surface area contributed by atoms with E-state index in [0.717, 1.165) is 27.9 Å². The minimum Gasteiger partial charge on any atom is -0.508 e. The lowest BCUT2D eigenvalue weighted by Crippen LogP contribution is -2.62. The molecule has 0 radical (unpaired) electrons. The number of carbonyl (C=O) groups excluding carboxylic acids is 5. The highest BCUT2D eigenvalue weighted by atomic mass is 32.2. The summed E-state index contributed by atoms with van der Waals surface area (Å²) in [5.74, 6) is -4.53. The number of phenolic OH excluding ortho intramolecular Hbond substituents is 2. The number of carbonyl (C=O) groups is 6. The number of ether oxygens (including phenoxy) is 1. The number of likely N-dealkylation sites (N-methyl/N-ethyl adjacent to an activating group) is 1. The Labute approximate surface area is 364 Å². The van der Waals surface area contributed by atoms with Crippen LogP contribution < -0.4 is 43.6 Å². The van der Waals surface area contributed by atoms with Crippen molar-refractivity contribution in [3.63, 3.8) is 0 Å². The van der Waals surface area contributed by atoms with Crippen molar-refractivity contribution >= 4 is 47.4 Å². The van der Waals surface area contributed by atoms with Crippen LogP contribution in [0.4, 0.5) is 4.79 Å². The van der Waals surface area contributed by atoms with Gasteiger partial charge in [0, 0.05) is 44.8 Å². The van der Waals surface area contributed by atoms with E-state index in [4.69, 9.17) is 10.5 Å². The normalized spacial score (nSPS) is 17.5. The second kappa shape index (κ2) is 22.8. The summed E-state index contributed by atoms with van der Waals surface area (Å²) in [4.78, 5) is 107. The van der Waals surface area contributed by atoms with Gasteiger partial charge in [-0.1, -0.05) is 24.3 Å². The number of H-pyrrole nitrogens is 1. The average Bonchev–Trinajstić information content (AvgIpc) is 3.61. The minimum atomic E-state index is -1.61. The summed E-state index contributed by atoms with van der Waals surface area (Å²) >= 11 is 1.33. The van der Waals surface area contributed by atoms with Crippen LogP contribution in [0.1, 0.15) is 37.1 Å². The number of aliphatic carboxylic acids is 1. The van der Waals surface area contributed by atoms with Gasteiger partial charge >= 0.3 is 17.7 Å². The van der Waals surface area contributed by atoms with E-state index in [-0.39, 0.29) is 42.9 Å². The summed E-state index contributed by atoms with van der Waals surface area (Å²) in [5, 5.41) is 52.8. The van der Waals surface area contributed by atoms with Crippen molar-refractivity contribution in [3.05, 3.63) is 105 Å². The van der Waals surface area contributed by atoms with Gasteiger partial charge in [-0.05, 0) is 60.7 Å². The Hall–Kier alpha value is -6.85. The number of nitrogens with zero attached hydrogens (tertiary/aromatic N) is 2. The van der Waals surface area contributed by atoms with Crippen LogP contribution in [-0.4, -0.2) is 132 Å². The van der Waals surface area contributed by atoms with E-state index in [1.165, 1.54) is 56.1 Å². The maximum atomic E-state index is 14.1. The van der Waals surface area contributed by atoms with Gasteiger partial charge in [0.05, 0.1) is 12.6 Å². The van der Waals surface area contributed by atoms with Crippen molar-refractivity contribution in [1.29, 1.82) is 0 Å². The Morgan fingerprint density at radius 1 is 0.937 bits per heavy atom. The van der Waals surface area contributed by atoms with Gasteiger partial charge < -0.3 is 62.4 Å². The molecule has 6 amide bonds. The Balaban J connectivity index is 1.61. The Kier molecular flexibility index (Phi) is 17.7. The molecule has 0 aliphatic carbocycles. The number of nitrogens with one attached hydrogen (secondary N) is 6. The fourth-order valence-corrected chi connectivity index (χ4v) is 6.95. The molecule has 12 N–H and O–H groups in total. The number of thioether (sulfide) groups is 1. The van der Waals surface area contributed by atoms with Gasteiger partial charge in [0.15, 0.2) is 0 Å². The quantitative estimate of drug-likeness (QED) is 0.0604. The highest BCUT2D eigenvalue weighted by Crippen LogP contribution is 2.30. The molecule has 1 aromatic heterocycles. The second-order valence-corrected chi connectivity index (χ2v) is 15.5. The first-order valence-electron chi connectivity index (χ1n) is 19.5. The van der Waals surface area contributed by atoms with Crippen LogP contribution in [0.15, 0.2) is 82.3 Å². The molecule has 1 aliphatic rings. The van der Waals surface area contributed by atoms with Crippen LogP contribution in [0.5, 0.6) is 11.5 Å². The lowest BCUT2D eigenvalue weighted by atomic mass is 10.0. The number of nitrogens with two attached hydrogens (primary N) is 1. The summed E-state index contributed by atoms with van der Waals surface area (Å²) in [6.07, 6.45) is 0.858. The molecule has 23 heteroatoms. The van der Waals surface area contributed by atoms with Crippen molar-refractivity contribution < 1.29 is 53.9 Å². The first kappa shape index (κ1) is 48.8. The summed E-state index contributed by atoms with van der Waals surface area (Å²) in [7, 11) is 1.32. The zero-order valence-electron chi connectivity index (χ0n) is 34.5. The van der Waals surface area contributed by atoms with Crippen LogP contribution in [-0.2, 0) is 41.6 Å². The first-order valence-corrected chi connectivity index (χ1v) is 20.9. The Morgan fingerprint density at radius 2 is 1.56 bits per heavy atom. The molecule has 340 valence electrons. The molecule has 2 aromatic carbocycles. The largest absolute Gasteiger partial charge is 0.508 e. The zero-order chi connectivity index (χ0) is 46.4. The topological polar surface area (TPSA) is 337 Å². The third-order valence-electron chi connectivity index (χ3n) is 9.89. The number of aromatic amines is 1. The third-order valence-corrected chi connectivity index (χ3v) is 10.5. The number of hydrogen-bond donors (Lipinski definition) is 11. The lowest BCUT2D eigenvalue weighted by molar-refractivity contribution is -0.140. The van der Waals surface area contributed by atoms with Crippen molar-refractivity contribution in [1.82, 2.24) is 41.0 Å². The van der Waals surface area contributed by atoms with E-state index in [1.54, 1.807) is 24.5 Å². The van der Waals surface area contributed by atoms with Gasteiger partial charge in [-0.15, -0.1) is 0 Å². The van der Waals surface area contributed by atoms with E-state index in [1.807, 2.05) is 0 Å². The van der Waals surface area contributed by atoms with Gasteiger partial charge in [-0.2, -0.15) is 11.8 Å². The van der Waals surface area contributed by atoms with Gasteiger partial charge in [-0.3, -0.25) is 33.5 Å². The smallest absolute Gasteiger partial charge is 0.331 e. The molecule has 0 bridgehead atoms. The number of carboxylic acids is 1. The number of phenols is 2. The van der Waals surface area contributed by atoms with Gasteiger partial charge in [0.1, 0.15) is 47.5 Å². The number of urea groups is 1. The standard InChI is InChI=1S/C40H51N9O13S/c1-21(48(2)36(57)28(43-32(54)19-41)16-22-6-4-8-24(50)14-22)33(35(56)42-20-26-18-30(52)37(62-26)49-12-10-31(53)46-40(49)61)47-34(55)27(11-13-63-3)44-39(60)45-29(38(58)59)17-23-7-5-9-25(51)15-23/h4-10,12,14-15,20-21,27-30,33,37,50-52H,11,13,16-19,41H2,1-3H3,(H,42,56)(H,43,54)(H,47,55)(H,58,59)(H2,44,45,60)(H,46,53,61)/b26-20-/t21?,27-,28-,29?,30?,33+,37?/m0/s1. The SMILES string of the molecule is CSCC[C@H](NC(=O)NC(Cc1cccc(O)c1)C(=O)O)C(=O)N[C@@H](C(=O)N/C=C1/CC(O)C(n2ccc(=O)[nH]c2=O)O1)C(C)N(C)C(=O)[C@H](Cc1cccc(O)c1)NC(=O)CN. The van der Waals surface area contributed by atoms with Crippen LogP contribution in [0.3, 0.4) is 0 Å². The van der Waals surface area contributed by atoms with E-state index >= 15 is 0 Å². The Morgan fingerprint density at radius 3 is 2.13 bits per heavy atom. The predicted octanol–water partition coefficient (Wildman–Crippen LogP) is -1.68. The number of aliphatic hydroxyl groups excluding tert-OH is 1. The molecule has 7 atom stereocenters. The van der Waals surface area contributed by atoms with E-state index in [2.05, 4.69) is 31.6 Å². The van der Waals surface area contributed by atoms with Crippen molar-refractivity contribution in [2.45, 2.75) is 75.1 Å². The fraction of sp³-hybridized carbons (Fsp3) is 0.400. The van der Waals surface area contributed by atoms with E-state index in [9.17, 15) is 58.8 Å². The number of aromatic hydroxyl groups is 2. The average molecular weight is 898 g/mol. The van der Waals surface area contributed by atoms with Crippen LogP contribution >= 0.6 is 11.8 Å². The number of rotatable bonds is 20. The molecule has 63 heavy (non-hydrogen) atoms. The minimum absolute atomic E-state index is 0.000605. The molecule has 1 aliphatic heterocycles. The predicted molar refractivity (Wildman–Crippen MR) is 227 cm³/mol. The summed E-state index contributed by atoms with van der Waals surface area (Å²) in [5.41, 5.74) is 4.86. The fourth-order valence-electron chi connectivity index (χ4n) is 6.48. The molecule has 22 nitrogen and oxygen atoms in total. The molecule has 4 unspecified atom stereocenters. The summed E-state index contributed by atoms with van der Waals surface area (Å²) in [6.45, 7) is 0.963. The summed E-state index contributed by atoms with van der Waals surface area (Å²) < 4.78 is 6.65. The summed E-state index contributed by atoms with van der Waals surface area (Å²) in [6, 6.07) is 4.86. The van der Waals surface area contributed by atoms with Crippen LogP contribution in [0.2, 0.25) is 0 Å². The monoisotopic (exact) mass is 897 g/mol. The number of aliphatic hydroxyl groups is 1. The number of amides is 6. The number of carboxylic acid groups (broad SMARTS) is 1. The molecule has 3 aromatic rings. The molecule has 1 fully saturated rings. The van der Waals surface area contributed by atoms with Gasteiger partial charge in [0.25, 0.3) is 5.56 Å². The first-order chi connectivity index (χ1) is 29.9. The molecule has 0 spiro atoms. The molecule has 4 rings (SSSR count).